The van der Waals surface area contributed by atoms with Crippen molar-refractivity contribution in [2.75, 3.05) is 26.8 Å². The van der Waals surface area contributed by atoms with E-state index in [1.807, 2.05) is 18.2 Å². The van der Waals surface area contributed by atoms with Crippen LogP contribution in [-0.4, -0.2) is 37.8 Å². The van der Waals surface area contributed by atoms with Crippen LogP contribution in [0, 0.1) is 17.8 Å². The number of piperidine rings is 1. The molecule has 1 aliphatic heterocycles. The first-order chi connectivity index (χ1) is 11.3. The van der Waals surface area contributed by atoms with E-state index in [9.17, 15) is 4.79 Å². The van der Waals surface area contributed by atoms with Crippen molar-refractivity contribution in [1.82, 2.24) is 4.90 Å². The zero-order valence-corrected chi connectivity index (χ0v) is 13.8. The smallest absolute Gasteiger partial charge is 0.409 e. The summed E-state index contributed by atoms with van der Waals surface area (Å²) < 4.78 is 10.4. The molecule has 23 heavy (non-hydrogen) atoms. The van der Waals surface area contributed by atoms with Gasteiger partial charge in [0.2, 0.25) is 0 Å². The highest BCUT2D eigenvalue weighted by Gasteiger charge is 2.21. The molecule has 0 radical (unpaired) electrons. The molecule has 124 valence electrons. The molecule has 0 bridgehead atoms. The van der Waals surface area contributed by atoms with Crippen LogP contribution >= 0.6 is 0 Å². The van der Waals surface area contributed by atoms with Crippen LogP contribution < -0.4 is 0 Å². The molecule has 0 spiro atoms. The third kappa shape index (κ3) is 6.33. The number of unbranched alkanes of at least 4 members (excludes halogenated alkanes) is 1. The Balaban J connectivity index is 1.54. The molecule has 1 saturated heterocycles. The van der Waals surface area contributed by atoms with Gasteiger partial charge in [0, 0.05) is 32.0 Å². The number of likely N-dealkylation sites (tertiary alicyclic amines) is 1. The van der Waals surface area contributed by atoms with Crippen LogP contribution in [0.1, 0.15) is 31.2 Å². The summed E-state index contributed by atoms with van der Waals surface area (Å²) in [5, 5.41) is 0. The number of ether oxygens (including phenoxy) is 2. The summed E-state index contributed by atoms with van der Waals surface area (Å²) in [6.07, 6.45) is 3.47. The second kappa shape index (κ2) is 9.91. The molecule has 4 nitrogen and oxygen atoms in total. The first-order valence-electron chi connectivity index (χ1n) is 8.22. The Morgan fingerprint density at radius 1 is 1.26 bits per heavy atom. The summed E-state index contributed by atoms with van der Waals surface area (Å²) in [5.41, 5.74) is 1.20. The number of amides is 1. The molecule has 1 aromatic carbocycles. The van der Waals surface area contributed by atoms with Crippen LogP contribution in [0.4, 0.5) is 4.79 Å². The first-order valence-corrected chi connectivity index (χ1v) is 8.22. The maximum atomic E-state index is 11.4. The number of nitrogens with zero attached hydrogens (tertiary/aromatic N) is 1. The van der Waals surface area contributed by atoms with E-state index >= 15 is 0 Å². The Labute approximate surface area is 138 Å². The first kappa shape index (κ1) is 17.4. The Bertz CT molecular complexity index is 525. The van der Waals surface area contributed by atoms with Crippen molar-refractivity contribution in [2.24, 2.45) is 5.92 Å². The molecule has 0 aliphatic carbocycles. The minimum Gasteiger partial charge on any atom is -0.453 e. The number of hydrogen-bond acceptors (Lipinski definition) is 3. The van der Waals surface area contributed by atoms with E-state index in [-0.39, 0.29) is 6.09 Å². The molecule has 1 aliphatic rings. The predicted molar refractivity (Wildman–Crippen MR) is 89.8 cm³/mol. The fourth-order valence-corrected chi connectivity index (χ4v) is 2.58. The van der Waals surface area contributed by atoms with Crippen molar-refractivity contribution in [3.05, 3.63) is 35.9 Å². The minimum atomic E-state index is -0.230. The summed E-state index contributed by atoms with van der Waals surface area (Å²) >= 11 is 0. The lowest BCUT2D eigenvalue weighted by Crippen LogP contribution is -2.38. The average molecular weight is 315 g/mol. The fraction of sp³-hybridized carbons (Fsp3) is 0.526. The Kier molecular flexibility index (Phi) is 7.48. The summed E-state index contributed by atoms with van der Waals surface area (Å²) in [6, 6.07) is 10.2. The normalized spacial score (nSPS) is 14.9. The third-order valence-electron chi connectivity index (χ3n) is 3.94. The van der Waals surface area contributed by atoms with Gasteiger partial charge < -0.3 is 14.4 Å². The van der Waals surface area contributed by atoms with Crippen molar-refractivity contribution in [2.45, 2.75) is 32.3 Å². The summed E-state index contributed by atoms with van der Waals surface area (Å²) in [5.74, 6) is 6.97. The topological polar surface area (TPSA) is 38.8 Å². The molecule has 1 aromatic rings. The van der Waals surface area contributed by atoms with E-state index in [1.54, 1.807) is 4.90 Å². The molecule has 0 atom stereocenters. The van der Waals surface area contributed by atoms with Crippen LogP contribution in [0.5, 0.6) is 0 Å². The molecule has 0 unspecified atom stereocenters. The van der Waals surface area contributed by atoms with Crippen molar-refractivity contribution in [3.63, 3.8) is 0 Å². The van der Waals surface area contributed by atoms with E-state index in [1.165, 1.54) is 12.7 Å². The van der Waals surface area contributed by atoms with Crippen LogP contribution in [-0.2, 0) is 16.1 Å². The molecule has 4 heteroatoms. The van der Waals surface area contributed by atoms with Gasteiger partial charge in [-0.3, -0.25) is 0 Å². The maximum Gasteiger partial charge on any atom is 0.409 e. The number of methoxy groups -OCH3 is 1. The van der Waals surface area contributed by atoms with E-state index in [2.05, 4.69) is 24.0 Å². The van der Waals surface area contributed by atoms with Gasteiger partial charge in [0.05, 0.1) is 13.7 Å². The van der Waals surface area contributed by atoms with E-state index in [0.29, 0.717) is 12.5 Å². The minimum absolute atomic E-state index is 0.230. The zero-order valence-electron chi connectivity index (χ0n) is 13.8. The number of hydrogen-bond donors (Lipinski definition) is 0. The molecular formula is C19H25NO3. The monoisotopic (exact) mass is 315 g/mol. The molecule has 0 saturated carbocycles. The molecule has 0 N–H and O–H groups in total. The molecule has 1 heterocycles. The Morgan fingerprint density at radius 2 is 2.00 bits per heavy atom. The molecule has 1 fully saturated rings. The van der Waals surface area contributed by atoms with Gasteiger partial charge in [-0.1, -0.05) is 36.3 Å². The van der Waals surface area contributed by atoms with E-state index in [4.69, 9.17) is 9.47 Å². The third-order valence-corrected chi connectivity index (χ3v) is 3.94. The average Bonchev–Trinajstić information content (AvgIpc) is 2.61. The van der Waals surface area contributed by atoms with Gasteiger partial charge in [0.25, 0.3) is 0 Å². The highest BCUT2D eigenvalue weighted by molar-refractivity contribution is 5.67. The molecule has 1 amide bonds. The lowest BCUT2D eigenvalue weighted by Gasteiger charge is -2.28. The summed E-state index contributed by atoms with van der Waals surface area (Å²) in [6.45, 7) is 2.89. The van der Waals surface area contributed by atoms with Gasteiger partial charge in [-0.05, 0) is 24.8 Å². The van der Waals surface area contributed by atoms with Crippen LogP contribution in [0.25, 0.3) is 0 Å². The second-order valence-corrected chi connectivity index (χ2v) is 5.69. The van der Waals surface area contributed by atoms with Crippen molar-refractivity contribution < 1.29 is 14.3 Å². The highest BCUT2D eigenvalue weighted by Crippen LogP contribution is 2.16. The maximum absolute atomic E-state index is 11.4. The lowest BCUT2D eigenvalue weighted by atomic mass is 9.97. The highest BCUT2D eigenvalue weighted by atomic mass is 16.5. The fourth-order valence-electron chi connectivity index (χ4n) is 2.58. The van der Waals surface area contributed by atoms with Crippen LogP contribution in [0.2, 0.25) is 0 Å². The van der Waals surface area contributed by atoms with Gasteiger partial charge in [-0.25, -0.2) is 4.79 Å². The summed E-state index contributed by atoms with van der Waals surface area (Å²) in [7, 11) is 1.42. The predicted octanol–water partition coefficient (Wildman–Crippen LogP) is 3.47. The summed E-state index contributed by atoms with van der Waals surface area (Å²) in [4.78, 5) is 13.1. The molecule has 0 aromatic heterocycles. The zero-order chi connectivity index (χ0) is 16.3. The van der Waals surface area contributed by atoms with Gasteiger partial charge in [-0.2, -0.15) is 0 Å². The Hall–Kier alpha value is -1.99. The molecule has 2 rings (SSSR count). The van der Waals surface area contributed by atoms with Crippen molar-refractivity contribution >= 4 is 6.09 Å². The molecular weight excluding hydrogens is 290 g/mol. The number of carbonyl (C=O) groups excluding carboxylic acids is 1. The number of rotatable bonds is 5. The number of carbonyl (C=O) groups is 1. The number of benzene rings is 1. The van der Waals surface area contributed by atoms with Gasteiger partial charge in [0.15, 0.2) is 0 Å². The van der Waals surface area contributed by atoms with E-state index in [0.717, 1.165) is 45.4 Å². The largest absolute Gasteiger partial charge is 0.453 e. The van der Waals surface area contributed by atoms with Crippen molar-refractivity contribution in [1.29, 1.82) is 0 Å². The van der Waals surface area contributed by atoms with Gasteiger partial charge >= 0.3 is 6.09 Å². The van der Waals surface area contributed by atoms with Crippen molar-refractivity contribution in [3.8, 4) is 11.8 Å². The lowest BCUT2D eigenvalue weighted by molar-refractivity contribution is 0.111. The SMILES string of the molecule is COC(=O)N1CCC(C#CCCCOCc2ccccc2)CC1. The Morgan fingerprint density at radius 3 is 2.70 bits per heavy atom. The second-order valence-electron chi connectivity index (χ2n) is 5.69. The van der Waals surface area contributed by atoms with E-state index < -0.39 is 0 Å². The van der Waals surface area contributed by atoms with Crippen LogP contribution in [0.3, 0.4) is 0 Å². The van der Waals surface area contributed by atoms with Gasteiger partial charge in [0.1, 0.15) is 0 Å². The van der Waals surface area contributed by atoms with Crippen LogP contribution in [0.15, 0.2) is 30.3 Å². The quantitative estimate of drug-likeness (QED) is 0.617. The van der Waals surface area contributed by atoms with Gasteiger partial charge in [-0.15, -0.1) is 5.92 Å². The standard InChI is InChI=1S/C19H25NO3/c1-22-19(21)20-13-11-17(12-14-20)8-6-3-7-15-23-16-18-9-4-2-5-10-18/h2,4-5,9-10,17H,3,7,11-16H2,1H3.